The average molecular weight is 518 g/mol. The van der Waals surface area contributed by atoms with E-state index in [4.69, 9.17) is 18.8 Å². The van der Waals surface area contributed by atoms with Gasteiger partial charge in [-0.15, -0.1) is 0 Å². The lowest BCUT2D eigenvalue weighted by atomic mass is 10.2. The third-order valence-corrected chi connectivity index (χ3v) is 7.40. The Bertz CT molecular complexity index is 2320. The van der Waals surface area contributed by atoms with Crippen molar-refractivity contribution in [3.05, 3.63) is 115 Å². The molecule has 5 aromatic carbocycles. The highest BCUT2D eigenvalue weighted by molar-refractivity contribution is 5.93. The number of benzene rings is 5. The predicted molar refractivity (Wildman–Crippen MR) is 156 cm³/mol. The second-order valence-electron chi connectivity index (χ2n) is 9.80. The topological polar surface area (TPSA) is 74.3 Å². The summed E-state index contributed by atoms with van der Waals surface area (Å²) in [6.07, 6.45) is 0. The van der Waals surface area contributed by atoms with E-state index in [0.29, 0.717) is 22.9 Å². The number of rotatable bonds is 3. The molecule has 0 saturated carbocycles. The van der Waals surface area contributed by atoms with Crippen LogP contribution in [0.1, 0.15) is 0 Å². The van der Waals surface area contributed by atoms with Gasteiger partial charge in [-0.3, -0.25) is 8.97 Å². The normalized spacial score (nSPS) is 12.0. The number of para-hydroxylation sites is 4. The highest BCUT2D eigenvalue weighted by Gasteiger charge is 2.18. The number of oxazole rings is 2. The largest absolute Gasteiger partial charge is 0.436 e. The molecule has 0 unspecified atom stereocenters. The summed E-state index contributed by atoms with van der Waals surface area (Å²) in [5.41, 5.74) is 9.90. The van der Waals surface area contributed by atoms with Crippen LogP contribution in [0.3, 0.4) is 0 Å². The molecule has 0 N–H and O–H groups in total. The van der Waals surface area contributed by atoms with E-state index in [9.17, 15) is 0 Å². The molecule has 0 aliphatic heterocycles. The Kier molecular flexibility index (Phi) is 4.20. The summed E-state index contributed by atoms with van der Waals surface area (Å²) in [5, 5.41) is 0. The van der Waals surface area contributed by atoms with Gasteiger partial charge in [0.25, 0.3) is 0 Å². The molecular formula is C33H19N5O2. The molecule has 188 valence electrons. The summed E-state index contributed by atoms with van der Waals surface area (Å²) >= 11 is 0. The number of hydrogen-bond acceptors (Lipinski definition) is 5. The summed E-state index contributed by atoms with van der Waals surface area (Å²) in [6.45, 7) is 0. The van der Waals surface area contributed by atoms with Crippen LogP contribution in [-0.2, 0) is 0 Å². The number of imidazole rings is 2. The lowest BCUT2D eigenvalue weighted by Gasteiger charge is -2.06. The fourth-order valence-electron chi connectivity index (χ4n) is 5.54. The molecule has 0 fully saturated rings. The molecule has 0 spiro atoms. The van der Waals surface area contributed by atoms with Gasteiger partial charge in [0.1, 0.15) is 11.0 Å². The first-order chi connectivity index (χ1) is 19.8. The maximum absolute atomic E-state index is 6.17. The number of hydrogen-bond donors (Lipinski definition) is 0. The third-order valence-electron chi connectivity index (χ3n) is 7.40. The Morgan fingerprint density at radius 1 is 0.475 bits per heavy atom. The van der Waals surface area contributed by atoms with Gasteiger partial charge >= 0.3 is 0 Å². The summed E-state index contributed by atoms with van der Waals surface area (Å²) in [4.78, 5) is 14.4. The minimum Gasteiger partial charge on any atom is -0.436 e. The second kappa shape index (κ2) is 7.91. The van der Waals surface area contributed by atoms with Crippen LogP contribution in [0.4, 0.5) is 0 Å². The molecule has 0 radical (unpaired) electrons. The average Bonchev–Trinajstić information content (AvgIpc) is 3.76. The van der Waals surface area contributed by atoms with Crippen molar-refractivity contribution in [1.29, 1.82) is 0 Å². The summed E-state index contributed by atoms with van der Waals surface area (Å²) < 4.78 is 16.6. The minimum atomic E-state index is 0.548. The Morgan fingerprint density at radius 3 is 1.75 bits per heavy atom. The maximum atomic E-state index is 6.17. The fourth-order valence-corrected chi connectivity index (χ4v) is 5.54. The van der Waals surface area contributed by atoms with E-state index < -0.39 is 0 Å². The van der Waals surface area contributed by atoms with E-state index >= 15 is 0 Å². The molecule has 0 atom stereocenters. The van der Waals surface area contributed by atoms with Gasteiger partial charge in [0.2, 0.25) is 17.6 Å². The molecule has 0 amide bonds. The van der Waals surface area contributed by atoms with Crippen molar-refractivity contribution in [3.8, 4) is 28.6 Å². The van der Waals surface area contributed by atoms with Gasteiger partial charge in [-0.05, 0) is 60.7 Å². The monoisotopic (exact) mass is 517 g/mol. The molecule has 0 aliphatic carbocycles. The fraction of sp³-hybridized carbons (Fsp3) is 0. The van der Waals surface area contributed by atoms with Crippen molar-refractivity contribution in [1.82, 2.24) is 23.9 Å². The van der Waals surface area contributed by atoms with E-state index in [1.807, 2.05) is 72.8 Å². The van der Waals surface area contributed by atoms with Gasteiger partial charge in [-0.1, -0.05) is 42.5 Å². The molecule has 4 aromatic heterocycles. The summed E-state index contributed by atoms with van der Waals surface area (Å²) in [5.74, 6) is 2.00. The molecule has 0 aliphatic rings. The SMILES string of the molecule is c1ccc(-c2nc3cc4oc(-c5ccc(-n6c7ccccc7n7c8ccccc8nc67)cc5)nc4cc3o2)cc1. The Labute approximate surface area is 226 Å². The van der Waals surface area contributed by atoms with E-state index in [0.717, 1.165) is 55.7 Å². The van der Waals surface area contributed by atoms with Gasteiger partial charge in [-0.2, -0.15) is 0 Å². The van der Waals surface area contributed by atoms with Crippen molar-refractivity contribution in [2.24, 2.45) is 0 Å². The molecule has 0 saturated heterocycles. The van der Waals surface area contributed by atoms with E-state index in [-0.39, 0.29) is 0 Å². The number of nitrogens with zero attached hydrogens (tertiary/aromatic N) is 5. The Hall–Kier alpha value is -5.69. The maximum Gasteiger partial charge on any atom is 0.227 e. The van der Waals surface area contributed by atoms with Crippen LogP contribution in [0.15, 0.2) is 124 Å². The molecular weight excluding hydrogens is 498 g/mol. The Balaban J connectivity index is 1.13. The molecule has 7 nitrogen and oxygen atoms in total. The van der Waals surface area contributed by atoms with Crippen LogP contribution in [0, 0.1) is 0 Å². The molecule has 7 heteroatoms. The molecule has 9 rings (SSSR count). The van der Waals surface area contributed by atoms with Crippen LogP contribution < -0.4 is 0 Å². The first-order valence-electron chi connectivity index (χ1n) is 13.0. The lowest BCUT2D eigenvalue weighted by Crippen LogP contribution is -1.95. The molecule has 0 bridgehead atoms. The van der Waals surface area contributed by atoms with Crippen molar-refractivity contribution < 1.29 is 8.83 Å². The van der Waals surface area contributed by atoms with Gasteiger partial charge in [-0.25, -0.2) is 15.0 Å². The third kappa shape index (κ3) is 3.03. The van der Waals surface area contributed by atoms with E-state index in [1.54, 1.807) is 0 Å². The lowest BCUT2D eigenvalue weighted by molar-refractivity contribution is 0.618. The zero-order valence-electron chi connectivity index (χ0n) is 21.0. The molecule has 40 heavy (non-hydrogen) atoms. The molecule has 4 heterocycles. The Morgan fingerprint density at radius 2 is 1.05 bits per heavy atom. The number of aromatic nitrogens is 5. The first-order valence-corrected chi connectivity index (χ1v) is 13.0. The number of fused-ring (bicyclic) bond motifs is 7. The minimum absolute atomic E-state index is 0.548. The zero-order chi connectivity index (χ0) is 26.2. The van der Waals surface area contributed by atoms with Gasteiger partial charge < -0.3 is 8.83 Å². The van der Waals surface area contributed by atoms with Crippen LogP contribution in [-0.4, -0.2) is 23.9 Å². The highest BCUT2D eigenvalue weighted by Crippen LogP contribution is 2.33. The van der Waals surface area contributed by atoms with E-state index in [1.165, 1.54) is 0 Å². The quantitative estimate of drug-likeness (QED) is 0.237. The second-order valence-corrected chi connectivity index (χ2v) is 9.80. The van der Waals surface area contributed by atoms with Gasteiger partial charge in [0.05, 0.1) is 22.1 Å². The summed E-state index contributed by atoms with van der Waals surface area (Å²) in [7, 11) is 0. The predicted octanol–water partition coefficient (Wildman–Crippen LogP) is 8.05. The highest BCUT2D eigenvalue weighted by atomic mass is 16.4. The standard InChI is InChI=1S/C33H19N5O2/c1-2-8-20(9-3-1)31-34-24-18-30-25(19-29(24)39-31)35-32(40-30)21-14-16-22(17-15-21)37-27-12-6-7-13-28(27)38-26-11-5-4-10-23(26)36-33(37)38/h1-19H. The van der Waals surface area contributed by atoms with Crippen LogP contribution in [0.5, 0.6) is 0 Å². The van der Waals surface area contributed by atoms with Crippen molar-refractivity contribution in [2.75, 3.05) is 0 Å². The molecule has 9 aromatic rings. The van der Waals surface area contributed by atoms with Crippen molar-refractivity contribution in [3.63, 3.8) is 0 Å². The van der Waals surface area contributed by atoms with Crippen molar-refractivity contribution >= 4 is 50.0 Å². The van der Waals surface area contributed by atoms with E-state index in [2.05, 4.69) is 56.4 Å². The summed E-state index contributed by atoms with van der Waals surface area (Å²) in [6, 6.07) is 38.5. The van der Waals surface area contributed by atoms with Crippen LogP contribution in [0.2, 0.25) is 0 Å². The zero-order valence-corrected chi connectivity index (χ0v) is 21.0. The van der Waals surface area contributed by atoms with Crippen molar-refractivity contribution in [2.45, 2.75) is 0 Å². The van der Waals surface area contributed by atoms with Crippen LogP contribution >= 0.6 is 0 Å². The van der Waals surface area contributed by atoms with Gasteiger partial charge in [0, 0.05) is 28.9 Å². The smallest absolute Gasteiger partial charge is 0.227 e. The van der Waals surface area contributed by atoms with Gasteiger partial charge in [0.15, 0.2) is 11.2 Å². The van der Waals surface area contributed by atoms with Crippen LogP contribution in [0.25, 0.3) is 78.6 Å². The first kappa shape index (κ1) is 21.3.